The van der Waals surface area contributed by atoms with E-state index in [0.29, 0.717) is 13.0 Å². The van der Waals surface area contributed by atoms with Crippen LogP contribution < -0.4 is 16.4 Å². The third kappa shape index (κ3) is 6.42. The summed E-state index contributed by atoms with van der Waals surface area (Å²) >= 11 is 2.24. The van der Waals surface area contributed by atoms with Gasteiger partial charge in [-0.3, -0.25) is 4.79 Å². The summed E-state index contributed by atoms with van der Waals surface area (Å²) in [4.78, 5) is 22.2. The summed E-state index contributed by atoms with van der Waals surface area (Å²) < 4.78 is 1.14. The number of benzene rings is 1. The molecule has 0 unspecified atom stereocenters. The zero-order valence-electron chi connectivity index (χ0n) is 10.8. The van der Waals surface area contributed by atoms with Crippen LogP contribution in [0.3, 0.4) is 0 Å². The van der Waals surface area contributed by atoms with E-state index in [1.165, 1.54) is 0 Å². The molecule has 4 N–H and O–H groups in total. The summed E-state index contributed by atoms with van der Waals surface area (Å²) in [7, 11) is 0. The van der Waals surface area contributed by atoms with Gasteiger partial charge in [-0.1, -0.05) is 0 Å². The van der Waals surface area contributed by atoms with Crippen molar-refractivity contribution >= 4 is 40.2 Å². The normalized spacial score (nSPS) is 10.0. The van der Waals surface area contributed by atoms with E-state index in [4.69, 9.17) is 5.73 Å². The number of carbonyl (C=O) groups excluding carboxylic acids is 2. The van der Waals surface area contributed by atoms with Crippen molar-refractivity contribution < 1.29 is 9.59 Å². The highest BCUT2D eigenvalue weighted by atomic mass is 127. The van der Waals surface area contributed by atoms with Crippen molar-refractivity contribution in [3.8, 4) is 0 Å². The van der Waals surface area contributed by atoms with Gasteiger partial charge in [-0.2, -0.15) is 0 Å². The van der Waals surface area contributed by atoms with Crippen molar-refractivity contribution in [2.75, 3.05) is 11.9 Å². The van der Waals surface area contributed by atoms with Gasteiger partial charge in [-0.05, 0) is 66.1 Å². The maximum atomic E-state index is 11.7. The Hall–Kier alpha value is -1.31. The maximum absolute atomic E-state index is 11.7. The molecule has 0 saturated heterocycles. The van der Waals surface area contributed by atoms with Crippen LogP contribution in [0.1, 0.15) is 24.8 Å². The molecule has 104 valence electrons. The van der Waals surface area contributed by atoms with Crippen molar-refractivity contribution in [2.24, 2.45) is 5.73 Å². The summed E-state index contributed by atoms with van der Waals surface area (Å²) in [6, 6.07) is 5.36. The van der Waals surface area contributed by atoms with E-state index in [-0.39, 0.29) is 5.91 Å². The van der Waals surface area contributed by atoms with E-state index in [2.05, 4.69) is 33.2 Å². The number of amides is 3. The highest BCUT2D eigenvalue weighted by molar-refractivity contribution is 14.1. The predicted octanol–water partition coefficient (Wildman–Crippen LogP) is 2.38. The van der Waals surface area contributed by atoms with Crippen LogP contribution in [0.4, 0.5) is 10.5 Å². The lowest BCUT2D eigenvalue weighted by Crippen LogP contribution is -2.30. The third-order valence-electron chi connectivity index (χ3n) is 2.59. The lowest BCUT2D eigenvalue weighted by atomic mass is 10.2. The number of carbonyl (C=O) groups is 2. The molecule has 3 amide bonds. The summed E-state index contributed by atoms with van der Waals surface area (Å²) in [6.45, 7) is 2.47. The monoisotopic (exact) mass is 375 g/mol. The van der Waals surface area contributed by atoms with Gasteiger partial charge in [0.05, 0.1) is 0 Å². The molecule has 0 aliphatic heterocycles. The molecule has 0 radical (unpaired) electrons. The smallest absolute Gasteiger partial charge is 0.312 e. The fourth-order valence-corrected chi connectivity index (χ4v) is 2.25. The van der Waals surface area contributed by atoms with Crippen molar-refractivity contribution in [1.82, 2.24) is 5.32 Å². The fourth-order valence-electron chi connectivity index (χ4n) is 1.60. The largest absolute Gasteiger partial charge is 0.352 e. The lowest BCUT2D eigenvalue weighted by Gasteiger charge is -2.08. The Morgan fingerprint density at radius 3 is 2.68 bits per heavy atom. The SMILES string of the molecule is Cc1cc(I)ccc1NC(=O)CCCCNC(N)=O. The van der Waals surface area contributed by atoms with Crippen LogP contribution in [0.15, 0.2) is 18.2 Å². The molecule has 0 fully saturated rings. The van der Waals surface area contributed by atoms with Crippen LogP contribution in [-0.2, 0) is 4.79 Å². The number of anilines is 1. The number of primary amides is 1. The van der Waals surface area contributed by atoms with E-state index in [0.717, 1.165) is 27.7 Å². The second kappa shape index (κ2) is 7.98. The standard InChI is InChI=1S/C13H18IN3O2/c1-9-8-10(14)5-6-11(9)17-12(18)4-2-3-7-16-13(15)19/h5-6,8H,2-4,7H2,1H3,(H,17,18)(H3,15,16,19). The molecule has 19 heavy (non-hydrogen) atoms. The highest BCUT2D eigenvalue weighted by Crippen LogP contribution is 2.18. The molecule has 0 atom stereocenters. The average Bonchev–Trinajstić information content (AvgIpc) is 2.32. The number of halogens is 1. The van der Waals surface area contributed by atoms with Crippen molar-refractivity contribution in [1.29, 1.82) is 0 Å². The van der Waals surface area contributed by atoms with Crippen molar-refractivity contribution in [3.05, 3.63) is 27.3 Å². The quantitative estimate of drug-likeness (QED) is 0.527. The summed E-state index contributed by atoms with van der Waals surface area (Å²) in [5.74, 6) is -0.0108. The number of hydrogen-bond donors (Lipinski definition) is 3. The summed E-state index contributed by atoms with van der Waals surface area (Å²) in [5, 5.41) is 5.37. The Morgan fingerprint density at radius 2 is 2.05 bits per heavy atom. The Morgan fingerprint density at radius 1 is 1.32 bits per heavy atom. The number of urea groups is 1. The number of unbranched alkanes of at least 4 members (excludes halogenated alkanes) is 1. The van der Waals surface area contributed by atoms with Crippen LogP contribution >= 0.6 is 22.6 Å². The third-order valence-corrected chi connectivity index (χ3v) is 3.26. The van der Waals surface area contributed by atoms with Gasteiger partial charge in [-0.15, -0.1) is 0 Å². The Kier molecular flexibility index (Phi) is 6.61. The van der Waals surface area contributed by atoms with Crippen LogP contribution in [0.5, 0.6) is 0 Å². The number of nitrogens with one attached hydrogen (secondary N) is 2. The first kappa shape index (κ1) is 15.7. The summed E-state index contributed by atoms with van der Waals surface area (Å²) in [6.07, 6.45) is 1.89. The molecule has 6 heteroatoms. The first-order chi connectivity index (χ1) is 8.99. The first-order valence-corrected chi connectivity index (χ1v) is 7.16. The van der Waals surface area contributed by atoms with Crippen molar-refractivity contribution in [2.45, 2.75) is 26.2 Å². The number of rotatable bonds is 6. The van der Waals surface area contributed by atoms with Crippen LogP contribution in [-0.4, -0.2) is 18.5 Å². The molecule has 0 bridgehead atoms. The fraction of sp³-hybridized carbons (Fsp3) is 0.385. The maximum Gasteiger partial charge on any atom is 0.312 e. The minimum Gasteiger partial charge on any atom is -0.352 e. The minimum atomic E-state index is -0.529. The van der Waals surface area contributed by atoms with Gasteiger partial charge in [-0.25, -0.2) is 4.79 Å². The van der Waals surface area contributed by atoms with E-state index < -0.39 is 6.03 Å². The molecule has 0 saturated carbocycles. The Bertz CT molecular complexity index is 463. The van der Waals surface area contributed by atoms with Crippen LogP contribution in [0.2, 0.25) is 0 Å². The van der Waals surface area contributed by atoms with Crippen LogP contribution in [0, 0.1) is 10.5 Å². The van der Waals surface area contributed by atoms with E-state index in [9.17, 15) is 9.59 Å². The molecule has 1 aromatic rings. The van der Waals surface area contributed by atoms with Gasteiger partial charge in [0, 0.05) is 22.2 Å². The van der Waals surface area contributed by atoms with Crippen LogP contribution in [0.25, 0.3) is 0 Å². The van der Waals surface area contributed by atoms with Gasteiger partial charge in [0.2, 0.25) is 5.91 Å². The molecule has 0 aromatic heterocycles. The zero-order valence-corrected chi connectivity index (χ0v) is 13.0. The van der Waals surface area contributed by atoms with Gasteiger partial charge >= 0.3 is 6.03 Å². The topological polar surface area (TPSA) is 84.2 Å². The molecule has 1 aromatic carbocycles. The molecule has 0 aliphatic carbocycles. The second-order valence-corrected chi connectivity index (χ2v) is 5.50. The van der Waals surface area contributed by atoms with E-state index in [1.54, 1.807) is 0 Å². The Balaban J connectivity index is 2.29. The molecule has 0 spiro atoms. The minimum absolute atomic E-state index is 0.0108. The number of nitrogens with two attached hydrogens (primary N) is 1. The molecule has 1 rings (SSSR count). The summed E-state index contributed by atoms with van der Waals surface area (Å²) in [5.41, 5.74) is 6.83. The molecule has 0 aliphatic rings. The Labute approximate surface area is 126 Å². The molecular formula is C13H18IN3O2. The molecule has 0 heterocycles. The van der Waals surface area contributed by atoms with E-state index in [1.807, 2.05) is 25.1 Å². The van der Waals surface area contributed by atoms with Crippen molar-refractivity contribution in [3.63, 3.8) is 0 Å². The molecular weight excluding hydrogens is 357 g/mol. The van der Waals surface area contributed by atoms with Gasteiger partial charge in [0.1, 0.15) is 0 Å². The first-order valence-electron chi connectivity index (χ1n) is 6.08. The van der Waals surface area contributed by atoms with Gasteiger partial charge in [0.25, 0.3) is 0 Å². The van der Waals surface area contributed by atoms with Gasteiger partial charge in [0.15, 0.2) is 0 Å². The van der Waals surface area contributed by atoms with E-state index >= 15 is 0 Å². The number of hydrogen-bond acceptors (Lipinski definition) is 2. The highest BCUT2D eigenvalue weighted by Gasteiger charge is 2.05. The lowest BCUT2D eigenvalue weighted by molar-refractivity contribution is -0.116. The average molecular weight is 375 g/mol. The van der Waals surface area contributed by atoms with Gasteiger partial charge < -0.3 is 16.4 Å². The zero-order chi connectivity index (χ0) is 14.3. The predicted molar refractivity (Wildman–Crippen MR) is 84.0 cm³/mol. The second-order valence-electron chi connectivity index (χ2n) is 4.26. The number of aryl methyl sites for hydroxylation is 1. The molecule has 5 nitrogen and oxygen atoms in total.